The van der Waals surface area contributed by atoms with Gasteiger partial charge < -0.3 is 18.9 Å². The summed E-state index contributed by atoms with van der Waals surface area (Å²) in [5.41, 5.74) is 3.37. The monoisotopic (exact) mass is 357 g/mol. The number of piperidine rings is 1. The number of likely N-dealkylation sites (tertiary alicyclic amines) is 1. The number of amides is 1. The van der Waals surface area contributed by atoms with E-state index in [9.17, 15) is 10.1 Å². The smallest absolute Gasteiger partial charge is 0.264 e. The van der Waals surface area contributed by atoms with Gasteiger partial charge in [-0.25, -0.2) is 0 Å². The van der Waals surface area contributed by atoms with Crippen molar-refractivity contribution < 1.29 is 14.3 Å². The van der Waals surface area contributed by atoms with E-state index in [1.54, 1.807) is 11.0 Å². The Morgan fingerprint density at radius 1 is 1.31 bits per heavy atom. The van der Waals surface area contributed by atoms with Gasteiger partial charge in [0.25, 0.3) is 5.91 Å². The summed E-state index contributed by atoms with van der Waals surface area (Å²) in [6.45, 7) is 9.50. The summed E-state index contributed by atoms with van der Waals surface area (Å²) in [7, 11) is 0. The van der Waals surface area contributed by atoms with Crippen molar-refractivity contribution in [3.05, 3.63) is 28.6 Å². The highest BCUT2D eigenvalue weighted by Gasteiger charge is 2.41. The molecule has 1 aromatic rings. The molecule has 6 heteroatoms. The molecule has 2 aliphatic heterocycles. The Labute approximate surface area is 155 Å². The van der Waals surface area contributed by atoms with E-state index in [0.717, 1.165) is 29.9 Å². The molecule has 0 atom stereocenters. The number of ether oxygens (including phenoxy) is 2. The zero-order valence-electron chi connectivity index (χ0n) is 15.9. The van der Waals surface area contributed by atoms with Crippen molar-refractivity contribution in [1.82, 2.24) is 9.47 Å². The second-order valence-electron chi connectivity index (χ2n) is 7.05. The maximum atomic E-state index is 12.8. The Morgan fingerprint density at radius 2 is 1.96 bits per heavy atom. The van der Waals surface area contributed by atoms with Crippen molar-refractivity contribution in [2.45, 2.75) is 52.4 Å². The highest BCUT2D eigenvalue weighted by atomic mass is 16.7. The normalized spacial score (nSPS) is 19.8. The molecule has 3 heterocycles. The van der Waals surface area contributed by atoms with Gasteiger partial charge in [0.05, 0.1) is 13.2 Å². The molecule has 2 saturated heterocycles. The molecule has 2 aliphatic rings. The summed E-state index contributed by atoms with van der Waals surface area (Å²) in [5, 5.41) is 9.54. The third kappa shape index (κ3) is 3.55. The van der Waals surface area contributed by atoms with Gasteiger partial charge in [0.2, 0.25) is 0 Å². The van der Waals surface area contributed by atoms with Crippen molar-refractivity contribution in [1.29, 1.82) is 5.26 Å². The van der Waals surface area contributed by atoms with E-state index in [2.05, 4.69) is 24.5 Å². The minimum absolute atomic E-state index is 0.186. The van der Waals surface area contributed by atoms with Crippen molar-refractivity contribution in [2.75, 3.05) is 26.3 Å². The molecule has 0 radical (unpaired) electrons. The summed E-state index contributed by atoms with van der Waals surface area (Å²) in [6, 6.07) is 4.14. The van der Waals surface area contributed by atoms with E-state index < -0.39 is 5.79 Å². The first-order valence-electron chi connectivity index (χ1n) is 9.35. The predicted octanol–water partition coefficient (Wildman–Crippen LogP) is 2.79. The topological polar surface area (TPSA) is 67.5 Å². The second kappa shape index (κ2) is 7.65. The van der Waals surface area contributed by atoms with Gasteiger partial charge in [-0.1, -0.05) is 6.92 Å². The maximum absolute atomic E-state index is 12.8. The average Bonchev–Trinajstić information content (AvgIpc) is 3.20. The molecule has 0 aliphatic carbocycles. The Morgan fingerprint density at radius 3 is 2.54 bits per heavy atom. The molecule has 1 amide bonds. The van der Waals surface area contributed by atoms with Crippen molar-refractivity contribution >= 4 is 12.0 Å². The summed E-state index contributed by atoms with van der Waals surface area (Å²) in [5.74, 6) is -0.723. The fourth-order valence-corrected chi connectivity index (χ4v) is 3.85. The number of hydrogen-bond donors (Lipinski definition) is 0. The lowest BCUT2D eigenvalue weighted by atomic mass is 10.0. The predicted molar refractivity (Wildman–Crippen MR) is 98.2 cm³/mol. The zero-order valence-corrected chi connectivity index (χ0v) is 15.9. The molecule has 1 aromatic heterocycles. The highest BCUT2D eigenvalue weighted by Crippen LogP contribution is 2.31. The number of carbonyl (C=O) groups excluding carboxylic acids is 1. The van der Waals surface area contributed by atoms with Gasteiger partial charge in [0.1, 0.15) is 11.6 Å². The minimum atomic E-state index is -0.516. The van der Waals surface area contributed by atoms with Gasteiger partial charge in [0, 0.05) is 43.9 Å². The molecule has 0 aromatic carbocycles. The minimum Gasteiger partial charge on any atom is -0.349 e. The van der Waals surface area contributed by atoms with Crippen molar-refractivity contribution in [2.24, 2.45) is 0 Å². The largest absolute Gasteiger partial charge is 0.349 e. The first-order valence-corrected chi connectivity index (χ1v) is 9.35. The van der Waals surface area contributed by atoms with Crippen molar-refractivity contribution in [3.63, 3.8) is 0 Å². The highest BCUT2D eigenvalue weighted by molar-refractivity contribution is 6.01. The molecular formula is C20H27N3O3. The fraction of sp³-hybridized carbons (Fsp3) is 0.600. The van der Waals surface area contributed by atoms with E-state index in [0.29, 0.717) is 39.1 Å². The van der Waals surface area contributed by atoms with Gasteiger partial charge in [0.15, 0.2) is 5.79 Å². The number of aromatic nitrogens is 1. The number of nitriles is 1. The van der Waals surface area contributed by atoms with Crippen LogP contribution in [0.1, 0.15) is 43.1 Å². The molecule has 0 N–H and O–H groups in total. The zero-order chi connectivity index (χ0) is 18.7. The fourth-order valence-electron chi connectivity index (χ4n) is 3.85. The quantitative estimate of drug-likeness (QED) is 0.614. The van der Waals surface area contributed by atoms with Gasteiger partial charge in [-0.05, 0) is 38.0 Å². The van der Waals surface area contributed by atoms with Gasteiger partial charge >= 0.3 is 0 Å². The van der Waals surface area contributed by atoms with E-state index in [1.807, 2.05) is 13.0 Å². The summed E-state index contributed by atoms with van der Waals surface area (Å²) in [4.78, 5) is 14.5. The third-order valence-electron chi connectivity index (χ3n) is 5.34. The van der Waals surface area contributed by atoms with Gasteiger partial charge in [-0.15, -0.1) is 0 Å². The van der Waals surface area contributed by atoms with Crippen LogP contribution in [0.25, 0.3) is 6.08 Å². The first-order chi connectivity index (χ1) is 12.5. The number of aryl methyl sites for hydroxylation is 1. The Bertz CT molecular complexity index is 741. The molecule has 140 valence electrons. The number of rotatable bonds is 4. The standard InChI is InChI=1S/C20H27N3O3/c1-4-7-23-15(2)12-17(16(23)3)13-18(14-21)19(24)22-8-5-20(6-9-22)25-10-11-26-20/h12-13H,4-11H2,1-3H3/b18-13+. The molecule has 3 rings (SSSR count). The lowest BCUT2D eigenvalue weighted by Gasteiger charge is -2.37. The first kappa shape index (κ1) is 18.7. The molecule has 0 saturated carbocycles. The molecular weight excluding hydrogens is 330 g/mol. The van der Waals surface area contributed by atoms with Crippen LogP contribution in [-0.4, -0.2) is 47.5 Å². The molecule has 6 nitrogen and oxygen atoms in total. The Kier molecular flexibility index (Phi) is 5.49. The summed E-state index contributed by atoms with van der Waals surface area (Å²) < 4.78 is 13.6. The third-order valence-corrected chi connectivity index (χ3v) is 5.34. The second-order valence-corrected chi connectivity index (χ2v) is 7.05. The van der Waals surface area contributed by atoms with Crippen LogP contribution in [0.2, 0.25) is 0 Å². The average molecular weight is 357 g/mol. The molecule has 1 spiro atoms. The number of carbonyl (C=O) groups is 1. The molecule has 2 fully saturated rings. The van der Waals surface area contributed by atoms with Crippen LogP contribution in [0.3, 0.4) is 0 Å². The Hall–Kier alpha value is -2.10. The van der Waals surface area contributed by atoms with Crippen LogP contribution < -0.4 is 0 Å². The van der Waals surface area contributed by atoms with Gasteiger partial charge in [-0.2, -0.15) is 5.26 Å². The van der Waals surface area contributed by atoms with Crippen molar-refractivity contribution in [3.8, 4) is 6.07 Å². The summed E-state index contributed by atoms with van der Waals surface area (Å²) in [6.07, 6.45) is 4.08. The van der Waals surface area contributed by atoms with Gasteiger partial charge in [-0.3, -0.25) is 4.79 Å². The van der Waals surface area contributed by atoms with Crippen LogP contribution in [-0.2, 0) is 20.8 Å². The van der Waals surface area contributed by atoms with Crippen LogP contribution in [0.15, 0.2) is 11.6 Å². The van der Waals surface area contributed by atoms with E-state index >= 15 is 0 Å². The molecule has 0 bridgehead atoms. The number of hydrogen-bond acceptors (Lipinski definition) is 4. The van der Waals surface area contributed by atoms with Crippen LogP contribution in [0.4, 0.5) is 0 Å². The van der Waals surface area contributed by atoms with Crippen LogP contribution >= 0.6 is 0 Å². The van der Waals surface area contributed by atoms with E-state index in [-0.39, 0.29) is 11.5 Å². The molecule has 0 unspecified atom stereocenters. The molecule has 26 heavy (non-hydrogen) atoms. The SMILES string of the molecule is CCCn1c(C)cc(/C=C(\C#N)C(=O)N2CCC3(CC2)OCCO3)c1C. The maximum Gasteiger partial charge on any atom is 0.264 e. The van der Waals surface area contributed by atoms with E-state index in [4.69, 9.17) is 9.47 Å². The van der Waals surface area contributed by atoms with E-state index in [1.165, 1.54) is 0 Å². The summed E-state index contributed by atoms with van der Waals surface area (Å²) >= 11 is 0. The number of nitrogens with zero attached hydrogens (tertiary/aromatic N) is 3. The van der Waals surface area contributed by atoms with Crippen LogP contribution in [0, 0.1) is 25.2 Å². The Balaban J connectivity index is 1.74. The van der Waals surface area contributed by atoms with Crippen LogP contribution in [0.5, 0.6) is 0 Å². The lowest BCUT2D eigenvalue weighted by Crippen LogP contribution is -2.47. The lowest BCUT2D eigenvalue weighted by molar-refractivity contribution is -0.186.